The highest BCUT2D eigenvalue weighted by Crippen LogP contribution is 2.56. The topological polar surface area (TPSA) is 12.9 Å². The predicted octanol–water partition coefficient (Wildman–Crippen LogP) is 20.3. The Balaban J connectivity index is 0.846. The molecule has 12 aromatic carbocycles. The number of hydrogen-bond acceptors (Lipinski definition) is 1. The van der Waals surface area contributed by atoms with Gasteiger partial charge in [-0.1, -0.05) is 228 Å². The molecule has 0 saturated carbocycles. The van der Waals surface area contributed by atoms with Gasteiger partial charge in [-0.2, -0.15) is 0 Å². The van der Waals surface area contributed by atoms with Crippen LogP contribution in [-0.4, -0.2) is 4.98 Å². The summed E-state index contributed by atoms with van der Waals surface area (Å²) in [6, 6.07) is 92.5. The van der Waals surface area contributed by atoms with E-state index in [-0.39, 0.29) is 10.8 Å². The minimum atomic E-state index is -0.249. The maximum Gasteiger partial charge on any atom is 0.0709 e. The minimum absolute atomic E-state index is 0.249. The van der Waals surface area contributed by atoms with Crippen LogP contribution in [-0.2, 0) is 10.8 Å². The van der Waals surface area contributed by atoms with Crippen molar-refractivity contribution in [3.63, 3.8) is 0 Å². The summed E-state index contributed by atoms with van der Waals surface area (Å²) in [4.78, 5) is 5.49. The average Bonchev–Trinajstić information content (AvgIpc) is 3.84. The number of pyridine rings is 1. The van der Waals surface area contributed by atoms with Crippen molar-refractivity contribution in [3.05, 3.63) is 271 Å². The molecule has 0 spiro atoms. The molecule has 76 heavy (non-hydrogen) atoms. The quantitative estimate of drug-likeness (QED) is 0.151. The molecule has 0 amide bonds. The van der Waals surface area contributed by atoms with Crippen LogP contribution in [0.25, 0.3) is 132 Å². The lowest BCUT2D eigenvalue weighted by atomic mass is 9.79. The van der Waals surface area contributed by atoms with Gasteiger partial charge in [-0.05, 0) is 181 Å². The van der Waals surface area contributed by atoms with Crippen LogP contribution in [0, 0.1) is 0 Å². The van der Waals surface area contributed by atoms with Gasteiger partial charge < -0.3 is 0 Å². The predicted molar refractivity (Wildman–Crippen MR) is 322 cm³/mol. The summed E-state index contributed by atoms with van der Waals surface area (Å²) >= 11 is 0. The monoisotopic (exact) mass is 967 g/mol. The fourth-order valence-corrected chi connectivity index (χ4v) is 13.5. The Labute approximate surface area is 444 Å². The molecule has 0 N–H and O–H groups in total. The highest BCUT2D eigenvalue weighted by Gasteiger charge is 2.39. The van der Waals surface area contributed by atoms with E-state index in [4.69, 9.17) is 4.98 Å². The van der Waals surface area contributed by atoms with Crippen LogP contribution in [0.4, 0.5) is 0 Å². The van der Waals surface area contributed by atoms with Crippen molar-refractivity contribution in [2.45, 2.75) is 38.5 Å². The average molecular weight is 968 g/mol. The zero-order valence-corrected chi connectivity index (χ0v) is 43.1. The molecule has 0 saturated heterocycles. The Morgan fingerprint density at radius 3 is 0.842 bits per heavy atom. The SMILES string of the molecule is CC1(C)c2cc(-c3cccc(-c4ccc5c(c4)C(C)(C)c4cc6c(-c7ccccc7)c7ccccc7c(-c7ccccc7)c6cc4-5)n3)ccc2-c2cc3c(-c4ccccc4)c4ccccc4c(-c4ccccc4)c3cc21. The van der Waals surface area contributed by atoms with Gasteiger partial charge in [0.1, 0.15) is 0 Å². The van der Waals surface area contributed by atoms with Gasteiger partial charge in [-0.25, -0.2) is 4.98 Å². The van der Waals surface area contributed by atoms with Gasteiger partial charge in [0.15, 0.2) is 0 Å². The Hall–Kier alpha value is -9.17. The maximum atomic E-state index is 5.49. The first-order chi connectivity index (χ1) is 37.2. The van der Waals surface area contributed by atoms with E-state index in [1.54, 1.807) is 0 Å². The fraction of sp³-hybridized carbons (Fsp3) is 0.0800. The van der Waals surface area contributed by atoms with Gasteiger partial charge in [0, 0.05) is 22.0 Å². The standard InChI is InChI=1S/C75H53N/c1-74(2)64-40-50(36-38-52(64)58-42-60-62(44-66(58)74)72(48-26-13-7-14-27-48)56-32-19-17-30-54(56)70(60)46-22-9-5-10-23-46)68-34-21-35-69(76-68)51-37-39-53-59-43-61-63(45-67(59)75(3,4)65(53)41-51)73(49-28-15-8-16-29-49)57-33-20-18-31-55(57)71(61)47-24-11-6-12-25-47/h5-45H,1-4H3. The van der Waals surface area contributed by atoms with Crippen LogP contribution in [0.15, 0.2) is 249 Å². The van der Waals surface area contributed by atoms with E-state index in [2.05, 4.69) is 276 Å². The Morgan fingerprint density at radius 2 is 0.513 bits per heavy atom. The molecule has 0 fully saturated rings. The lowest BCUT2D eigenvalue weighted by molar-refractivity contribution is 0.661. The Morgan fingerprint density at radius 1 is 0.224 bits per heavy atom. The zero-order valence-electron chi connectivity index (χ0n) is 43.1. The molecule has 0 unspecified atom stereocenters. The molecule has 0 aliphatic heterocycles. The molecule has 2 aliphatic carbocycles. The van der Waals surface area contributed by atoms with Gasteiger partial charge in [0.05, 0.1) is 11.4 Å². The molecule has 13 aromatic rings. The fourth-order valence-electron chi connectivity index (χ4n) is 13.5. The second-order valence-corrected chi connectivity index (χ2v) is 22.1. The molecule has 0 radical (unpaired) electrons. The molecule has 1 heteroatoms. The molecular weight excluding hydrogens is 915 g/mol. The third kappa shape index (κ3) is 6.55. The summed E-state index contributed by atoms with van der Waals surface area (Å²) in [7, 11) is 0. The molecule has 0 atom stereocenters. The molecular formula is C75H53N. The Kier molecular flexibility index (Phi) is 9.72. The van der Waals surface area contributed by atoms with Gasteiger partial charge in [-0.15, -0.1) is 0 Å². The lowest BCUT2D eigenvalue weighted by Crippen LogP contribution is -2.15. The van der Waals surface area contributed by atoms with E-state index in [1.807, 2.05) is 0 Å². The van der Waals surface area contributed by atoms with Crippen molar-refractivity contribution in [2.24, 2.45) is 0 Å². The molecule has 1 nitrogen and oxygen atoms in total. The summed E-state index contributed by atoms with van der Waals surface area (Å²) in [6.07, 6.45) is 0. The number of nitrogens with zero attached hydrogens (tertiary/aromatic N) is 1. The Bertz CT molecular complexity index is 4240. The van der Waals surface area contributed by atoms with Crippen LogP contribution in [0.3, 0.4) is 0 Å². The van der Waals surface area contributed by atoms with Crippen molar-refractivity contribution in [2.75, 3.05) is 0 Å². The van der Waals surface area contributed by atoms with E-state index < -0.39 is 0 Å². The van der Waals surface area contributed by atoms with Gasteiger partial charge in [-0.3, -0.25) is 0 Å². The van der Waals surface area contributed by atoms with Crippen LogP contribution in [0.2, 0.25) is 0 Å². The van der Waals surface area contributed by atoms with Crippen LogP contribution < -0.4 is 0 Å². The summed E-state index contributed by atoms with van der Waals surface area (Å²) in [5, 5.41) is 10.2. The minimum Gasteiger partial charge on any atom is -0.248 e. The summed E-state index contributed by atoms with van der Waals surface area (Å²) in [5.41, 5.74) is 24.4. The van der Waals surface area contributed by atoms with E-state index in [0.29, 0.717) is 0 Å². The second kappa shape index (κ2) is 16.7. The highest BCUT2D eigenvalue weighted by atomic mass is 14.7. The molecule has 358 valence electrons. The maximum absolute atomic E-state index is 5.49. The van der Waals surface area contributed by atoms with E-state index in [1.165, 1.54) is 132 Å². The van der Waals surface area contributed by atoms with Crippen LogP contribution >= 0.6 is 0 Å². The smallest absolute Gasteiger partial charge is 0.0709 e. The summed E-state index contributed by atoms with van der Waals surface area (Å²) in [6.45, 7) is 9.61. The zero-order chi connectivity index (χ0) is 50.9. The third-order valence-electron chi connectivity index (χ3n) is 17.2. The van der Waals surface area contributed by atoms with E-state index in [0.717, 1.165) is 22.5 Å². The van der Waals surface area contributed by atoms with E-state index in [9.17, 15) is 0 Å². The first kappa shape index (κ1) is 44.3. The third-order valence-corrected chi connectivity index (χ3v) is 17.2. The summed E-state index contributed by atoms with van der Waals surface area (Å²) in [5.74, 6) is 0. The van der Waals surface area contributed by atoms with Crippen LogP contribution in [0.1, 0.15) is 49.9 Å². The molecule has 1 aromatic heterocycles. The van der Waals surface area contributed by atoms with Crippen molar-refractivity contribution < 1.29 is 0 Å². The number of hydrogen-bond donors (Lipinski definition) is 0. The number of fused-ring (bicyclic) bond motifs is 10. The van der Waals surface area contributed by atoms with Gasteiger partial charge >= 0.3 is 0 Å². The first-order valence-electron chi connectivity index (χ1n) is 26.8. The van der Waals surface area contributed by atoms with Gasteiger partial charge in [0.25, 0.3) is 0 Å². The molecule has 2 aliphatic rings. The van der Waals surface area contributed by atoms with Gasteiger partial charge in [0.2, 0.25) is 0 Å². The molecule has 1 heterocycles. The highest BCUT2D eigenvalue weighted by molar-refractivity contribution is 6.24. The van der Waals surface area contributed by atoms with Crippen molar-refractivity contribution in [1.82, 2.24) is 4.98 Å². The first-order valence-corrected chi connectivity index (χ1v) is 26.8. The number of rotatable bonds is 6. The molecule has 15 rings (SSSR count). The molecule has 0 bridgehead atoms. The lowest BCUT2D eigenvalue weighted by Gasteiger charge is -2.24. The second-order valence-electron chi connectivity index (χ2n) is 22.1. The number of benzene rings is 12. The largest absolute Gasteiger partial charge is 0.248 e. The van der Waals surface area contributed by atoms with Crippen molar-refractivity contribution >= 4 is 43.1 Å². The normalized spacial score (nSPS) is 13.7. The number of aromatic nitrogens is 1. The van der Waals surface area contributed by atoms with E-state index >= 15 is 0 Å². The summed E-state index contributed by atoms with van der Waals surface area (Å²) < 4.78 is 0. The van der Waals surface area contributed by atoms with Crippen molar-refractivity contribution in [3.8, 4) is 89.3 Å². The van der Waals surface area contributed by atoms with Crippen molar-refractivity contribution in [1.29, 1.82) is 0 Å². The van der Waals surface area contributed by atoms with Crippen LogP contribution in [0.5, 0.6) is 0 Å².